The summed E-state index contributed by atoms with van der Waals surface area (Å²) in [6.07, 6.45) is 15.9. The molecule has 0 aromatic heterocycles. The van der Waals surface area contributed by atoms with Gasteiger partial charge in [0, 0.05) is 12.8 Å². The number of aliphatic hydroxyl groups is 3. The zero-order chi connectivity index (χ0) is 37.0. The van der Waals surface area contributed by atoms with Crippen molar-refractivity contribution in [3.8, 4) is 0 Å². The highest BCUT2D eigenvalue weighted by molar-refractivity contribution is 7.85. The number of rotatable bonds is 32. The molecule has 6 atom stereocenters. The summed E-state index contributed by atoms with van der Waals surface area (Å²) in [5.41, 5.74) is 0. The van der Waals surface area contributed by atoms with Crippen LogP contribution in [0, 0.1) is 0 Å². The second kappa shape index (κ2) is 29.1. The molecule has 0 aromatic carbocycles. The first-order chi connectivity index (χ1) is 24.0. The molecule has 1 saturated heterocycles. The standard InChI is InChI=1S/C37H70O12S/c1-3-5-7-9-11-13-15-17-19-21-23-25-32(38)46-27-30(48-33(39)26-24-22-20-18-16-14-12-10-8-6-4-2)28-47-37-36(42)35(41)34(40)31(49-37)29-50(43,44)45/h30-31,34-37,40-42H,3-29H2,1-2H3,(H,43,44,45)/t30-,31-,34-,35+,36-,37+/m1/s1. The number of ether oxygens (including phenoxy) is 4. The van der Waals surface area contributed by atoms with E-state index in [1.54, 1.807) is 0 Å². The third-order valence-corrected chi connectivity index (χ3v) is 9.94. The van der Waals surface area contributed by atoms with Crippen LogP contribution < -0.4 is 0 Å². The maximum atomic E-state index is 12.7. The Labute approximate surface area is 302 Å². The Balaban J connectivity index is 2.52. The van der Waals surface area contributed by atoms with Crippen molar-refractivity contribution in [3.63, 3.8) is 0 Å². The second-order valence-corrected chi connectivity index (χ2v) is 15.5. The molecule has 1 fully saturated rings. The van der Waals surface area contributed by atoms with Crippen molar-refractivity contribution < 1.29 is 56.8 Å². The second-order valence-electron chi connectivity index (χ2n) is 14.0. The van der Waals surface area contributed by atoms with Crippen molar-refractivity contribution in [1.82, 2.24) is 0 Å². The van der Waals surface area contributed by atoms with E-state index in [-0.39, 0.29) is 19.4 Å². The van der Waals surface area contributed by atoms with Gasteiger partial charge in [0.05, 0.1) is 6.61 Å². The first-order valence-corrected chi connectivity index (χ1v) is 21.2. The van der Waals surface area contributed by atoms with Crippen LogP contribution in [-0.4, -0.2) is 96.0 Å². The summed E-state index contributed by atoms with van der Waals surface area (Å²) in [5.74, 6) is -1.97. The summed E-state index contributed by atoms with van der Waals surface area (Å²) in [5, 5.41) is 30.7. The van der Waals surface area contributed by atoms with Crippen LogP contribution in [0.2, 0.25) is 0 Å². The van der Waals surface area contributed by atoms with Gasteiger partial charge in [-0.25, -0.2) is 0 Å². The monoisotopic (exact) mass is 738 g/mol. The first kappa shape index (κ1) is 46.7. The fourth-order valence-electron chi connectivity index (χ4n) is 6.09. The highest BCUT2D eigenvalue weighted by Gasteiger charge is 2.46. The summed E-state index contributed by atoms with van der Waals surface area (Å²) in [4.78, 5) is 25.2. The number of carbonyl (C=O) groups excluding carboxylic acids is 2. The van der Waals surface area contributed by atoms with E-state index < -0.39 is 71.2 Å². The molecule has 0 aliphatic carbocycles. The van der Waals surface area contributed by atoms with E-state index in [0.717, 1.165) is 38.5 Å². The van der Waals surface area contributed by atoms with E-state index in [0.29, 0.717) is 12.8 Å². The highest BCUT2D eigenvalue weighted by Crippen LogP contribution is 2.24. The molecule has 0 radical (unpaired) electrons. The highest BCUT2D eigenvalue weighted by atomic mass is 32.2. The topological polar surface area (TPSA) is 186 Å². The third kappa shape index (κ3) is 24.0. The SMILES string of the molecule is CCCCCCCCCCCCCC(=O)OC[C@H](CO[C@H]1O[C@H](CS(=O)(=O)O)[C@@H](O)[C@H](O)[C@H]1O)OC(=O)CCCCCCCCCCCCC. The number of aliphatic hydroxyl groups excluding tert-OH is 3. The molecule has 0 unspecified atom stereocenters. The molecular weight excluding hydrogens is 668 g/mol. The molecule has 0 aromatic rings. The minimum absolute atomic E-state index is 0.171. The lowest BCUT2D eigenvalue weighted by molar-refractivity contribution is -0.297. The van der Waals surface area contributed by atoms with Crippen LogP contribution in [0.5, 0.6) is 0 Å². The minimum Gasteiger partial charge on any atom is -0.462 e. The van der Waals surface area contributed by atoms with Crippen molar-refractivity contribution in [2.45, 2.75) is 205 Å². The van der Waals surface area contributed by atoms with E-state index in [4.69, 9.17) is 18.9 Å². The van der Waals surface area contributed by atoms with Crippen LogP contribution >= 0.6 is 0 Å². The van der Waals surface area contributed by atoms with Gasteiger partial charge in [-0.1, -0.05) is 142 Å². The Bertz CT molecular complexity index is 962. The molecule has 1 aliphatic rings. The molecule has 0 bridgehead atoms. The van der Waals surface area contributed by atoms with Crippen molar-refractivity contribution in [2.24, 2.45) is 0 Å². The van der Waals surface area contributed by atoms with Crippen molar-refractivity contribution in [1.29, 1.82) is 0 Å². The zero-order valence-electron chi connectivity index (χ0n) is 31.0. The van der Waals surface area contributed by atoms with Crippen molar-refractivity contribution >= 4 is 22.1 Å². The van der Waals surface area contributed by atoms with Gasteiger partial charge >= 0.3 is 11.9 Å². The average Bonchev–Trinajstić information content (AvgIpc) is 3.07. The van der Waals surface area contributed by atoms with E-state index in [1.807, 2.05) is 0 Å². The molecule has 13 heteroatoms. The summed E-state index contributed by atoms with van der Waals surface area (Å²) < 4.78 is 53.8. The number of unbranched alkanes of at least 4 members (excludes halogenated alkanes) is 20. The molecular formula is C37H70O12S. The largest absolute Gasteiger partial charge is 0.462 e. The maximum absolute atomic E-state index is 12.7. The fraction of sp³-hybridized carbons (Fsp3) is 0.946. The normalized spacial score (nSPS) is 21.6. The minimum atomic E-state index is -4.59. The van der Waals surface area contributed by atoms with Gasteiger partial charge in [-0.3, -0.25) is 14.1 Å². The van der Waals surface area contributed by atoms with E-state index in [2.05, 4.69) is 13.8 Å². The molecule has 50 heavy (non-hydrogen) atoms. The number of hydrogen-bond donors (Lipinski definition) is 4. The lowest BCUT2D eigenvalue weighted by atomic mass is 10.00. The smallest absolute Gasteiger partial charge is 0.306 e. The van der Waals surface area contributed by atoms with Crippen LogP contribution in [-0.2, 0) is 38.7 Å². The predicted octanol–water partition coefficient (Wildman–Crippen LogP) is 6.56. The van der Waals surface area contributed by atoms with Crippen molar-refractivity contribution in [3.05, 3.63) is 0 Å². The Morgan fingerprint density at radius 2 is 1.02 bits per heavy atom. The first-order valence-electron chi connectivity index (χ1n) is 19.6. The predicted molar refractivity (Wildman–Crippen MR) is 192 cm³/mol. The third-order valence-electron chi connectivity index (χ3n) is 9.19. The maximum Gasteiger partial charge on any atom is 0.306 e. The van der Waals surface area contributed by atoms with Crippen molar-refractivity contribution in [2.75, 3.05) is 19.0 Å². The number of carbonyl (C=O) groups is 2. The number of hydrogen-bond acceptors (Lipinski definition) is 11. The summed E-state index contributed by atoms with van der Waals surface area (Å²) in [7, 11) is -4.59. The fourth-order valence-corrected chi connectivity index (χ4v) is 6.78. The van der Waals surface area contributed by atoms with Crippen LogP contribution in [0.4, 0.5) is 0 Å². The average molecular weight is 739 g/mol. The van der Waals surface area contributed by atoms with Crippen LogP contribution in [0.3, 0.4) is 0 Å². The lowest BCUT2D eigenvalue weighted by Gasteiger charge is -2.40. The molecule has 1 rings (SSSR count). The summed E-state index contributed by atoms with van der Waals surface area (Å²) >= 11 is 0. The lowest BCUT2D eigenvalue weighted by Crippen LogP contribution is -2.60. The quantitative estimate of drug-likeness (QED) is 0.0332. The Hall–Kier alpha value is -1.35. The van der Waals surface area contributed by atoms with Crippen LogP contribution in [0.1, 0.15) is 168 Å². The molecule has 296 valence electrons. The van der Waals surface area contributed by atoms with E-state index in [1.165, 1.54) is 89.9 Å². The summed E-state index contributed by atoms with van der Waals surface area (Å²) in [6.45, 7) is 3.72. The van der Waals surface area contributed by atoms with Gasteiger partial charge in [0.1, 0.15) is 36.8 Å². The van der Waals surface area contributed by atoms with E-state index in [9.17, 15) is 37.9 Å². The Morgan fingerprint density at radius 3 is 1.46 bits per heavy atom. The van der Waals surface area contributed by atoms with Gasteiger partial charge in [-0.05, 0) is 12.8 Å². The summed E-state index contributed by atoms with van der Waals surface area (Å²) in [6, 6.07) is 0. The molecule has 12 nitrogen and oxygen atoms in total. The van der Waals surface area contributed by atoms with Gasteiger partial charge in [0.25, 0.3) is 10.1 Å². The molecule has 1 aliphatic heterocycles. The van der Waals surface area contributed by atoms with Crippen LogP contribution in [0.15, 0.2) is 0 Å². The molecule has 1 heterocycles. The van der Waals surface area contributed by atoms with Crippen LogP contribution in [0.25, 0.3) is 0 Å². The Morgan fingerprint density at radius 1 is 0.600 bits per heavy atom. The number of esters is 2. The molecule has 0 spiro atoms. The Kier molecular flexibility index (Phi) is 27.2. The van der Waals surface area contributed by atoms with Gasteiger partial charge in [-0.2, -0.15) is 8.42 Å². The van der Waals surface area contributed by atoms with Gasteiger partial charge in [-0.15, -0.1) is 0 Å². The van der Waals surface area contributed by atoms with Gasteiger partial charge in [0.2, 0.25) is 0 Å². The molecule has 4 N–H and O–H groups in total. The van der Waals surface area contributed by atoms with E-state index >= 15 is 0 Å². The zero-order valence-corrected chi connectivity index (χ0v) is 31.8. The molecule has 0 amide bonds. The van der Waals surface area contributed by atoms with Gasteiger partial charge < -0.3 is 34.3 Å². The van der Waals surface area contributed by atoms with Gasteiger partial charge in [0.15, 0.2) is 12.4 Å². The molecule has 0 saturated carbocycles.